The van der Waals surface area contributed by atoms with Gasteiger partial charge in [-0.1, -0.05) is 18.2 Å². The fraction of sp³-hybridized carbons (Fsp3) is 0.318. The van der Waals surface area contributed by atoms with Gasteiger partial charge in [-0.05, 0) is 60.7 Å². The number of allylic oxidation sites excluding steroid dienone is 2. The summed E-state index contributed by atoms with van der Waals surface area (Å²) in [6.45, 7) is 2.54. The Bertz CT molecular complexity index is 906. The molecule has 0 saturated carbocycles. The zero-order chi connectivity index (χ0) is 19.0. The van der Waals surface area contributed by atoms with E-state index < -0.39 is 0 Å². The SMILES string of the molecule is CCNC(=O)c1ccc2c(c1)C1C=CCC1C(c1ccc(O)c(OC)c1)N2. The number of carbonyl (C=O) groups excluding carboxylic acids is 1. The van der Waals surface area contributed by atoms with Gasteiger partial charge in [0.1, 0.15) is 0 Å². The number of benzene rings is 2. The molecule has 2 aromatic carbocycles. The third-order valence-corrected chi connectivity index (χ3v) is 5.53. The second-order valence-corrected chi connectivity index (χ2v) is 7.07. The number of methoxy groups -OCH3 is 1. The van der Waals surface area contributed by atoms with Crippen LogP contribution in [0.15, 0.2) is 48.6 Å². The zero-order valence-corrected chi connectivity index (χ0v) is 15.5. The number of amides is 1. The predicted octanol–water partition coefficient (Wildman–Crippen LogP) is 3.98. The fourth-order valence-electron chi connectivity index (χ4n) is 4.22. The van der Waals surface area contributed by atoms with Crippen molar-refractivity contribution in [2.75, 3.05) is 19.0 Å². The molecular weight excluding hydrogens is 340 g/mol. The van der Waals surface area contributed by atoms with E-state index in [0.717, 1.165) is 17.7 Å². The predicted molar refractivity (Wildman–Crippen MR) is 105 cm³/mol. The quantitative estimate of drug-likeness (QED) is 0.718. The summed E-state index contributed by atoms with van der Waals surface area (Å²) in [6, 6.07) is 11.5. The molecular formula is C22H24N2O3. The molecule has 1 heterocycles. The molecule has 4 rings (SSSR count). The second kappa shape index (κ2) is 6.99. The van der Waals surface area contributed by atoms with Crippen LogP contribution in [-0.4, -0.2) is 24.7 Å². The number of phenols is 1. The topological polar surface area (TPSA) is 70.6 Å². The van der Waals surface area contributed by atoms with Gasteiger partial charge < -0.3 is 20.5 Å². The van der Waals surface area contributed by atoms with E-state index in [1.54, 1.807) is 13.2 Å². The molecule has 5 heteroatoms. The third-order valence-electron chi connectivity index (χ3n) is 5.53. The highest BCUT2D eigenvalue weighted by atomic mass is 16.5. The molecule has 0 radical (unpaired) electrons. The lowest BCUT2D eigenvalue weighted by atomic mass is 9.76. The Morgan fingerprint density at radius 3 is 2.93 bits per heavy atom. The Balaban J connectivity index is 1.71. The van der Waals surface area contributed by atoms with Gasteiger partial charge in [-0.3, -0.25) is 4.79 Å². The standard InChI is InChI=1S/C22H24N2O3/c1-3-23-22(26)14-7-9-18-17(11-14)15-5-4-6-16(15)21(24-18)13-8-10-19(25)20(12-13)27-2/h4-5,7-12,15-16,21,24-25H,3,6H2,1-2H3,(H,23,26). The van der Waals surface area contributed by atoms with Gasteiger partial charge in [0.2, 0.25) is 0 Å². The summed E-state index contributed by atoms with van der Waals surface area (Å²) in [7, 11) is 1.56. The molecule has 1 aliphatic heterocycles. The molecule has 0 saturated heterocycles. The van der Waals surface area contributed by atoms with E-state index in [1.165, 1.54) is 5.56 Å². The van der Waals surface area contributed by atoms with E-state index in [1.807, 2.05) is 37.3 Å². The zero-order valence-electron chi connectivity index (χ0n) is 15.5. The third kappa shape index (κ3) is 3.03. The van der Waals surface area contributed by atoms with Crippen LogP contribution in [0.25, 0.3) is 0 Å². The Hall–Kier alpha value is -2.95. The Labute approximate surface area is 159 Å². The van der Waals surface area contributed by atoms with Gasteiger partial charge in [-0.15, -0.1) is 0 Å². The van der Waals surface area contributed by atoms with E-state index in [2.05, 4.69) is 22.8 Å². The molecule has 5 nitrogen and oxygen atoms in total. The smallest absolute Gasteiger partial charge is 0.251 e. The number of carbonyl (C=O) groups is 1. The van der Waals surface area contributed by atoms with Crippen LogP contribution in [0.2, 0.25) is 0 Å². The maximum Gasteiger partial charge on any atom is 0.251 e. The van der Waals surface area contributed by atoms with Gasteiger partial charge in [0.05, 0.1) is 13.2 Å². The summed E-state index contributed by atoms with van der Waals surface area (Å²) in [5.74, 6) is 1.21. The Kier molecular flexibility index (Phi) is 4.52. The summed E-state index contributed by atoms with van der Waals surface area (Å²) in [4.78, 5) is 12.2. The van der Waals surface area contributed by atoms with Crippen molar-refractivity contribution in [3.8, 4) is 11.5 Å². The minimum absolute atomic E-state index is 0.0378. The van der Waals surface area contributed by atoms with Crippen LogP contribution in [-0.2, 0) is 0 Å². The molecule has 1 aliphatic carbocycles. The number of hydrogen-bond acceptors (Lipinski definition) is 4. The molecule has 2 aliphatic rings. The number of aromatic hydroxyl groups is 1. The molecule has 0 bridgehead atoms. The van der Waals surface area contributed by atoms with Crippen LogP contribution >= 0.6 is 0 Å². The summed E-state index contributed by atoms with van der Waals surface area (Å²) >= 11 is 0. The van der Waals surface area contributed by atoms with Gasteiger partial charge in [0, 0.05) is 23.7 Å². The van der Waals surface area contributed by atoms with Crippen LogP contribution in [0, 0.1) is 5.92 Å². The van der Waals surface area contributed by atoms with Crippen LogP contribution < -0.4 is 15.4 Å². The number of fused-ring (bicyclic) bond motifs is 3. The van der Waals surface area contributed by atoms with Gasteiger partial charge in [0.15, 0.2) is 11.5 Å². The van der Waals surface area contributed by atoms with Gasteiger partial charge >= 0.3 is 0 Å². The van der Waals surface area contributed by atoms with Gasteiger partial charge in [-0.2, -0.15) is 0 Å². The summed E-state index contributed by atoms with van der Waals surface area (Å²) in [5.41, 5.74) is 4.00. The molecule has 0 aromatic heterocycles. The van der Waals surface area contributed by atoms with Gasteiger partial charge in [-0.25, -0.2) is 0 Å². The molecule has 3 N–H and O–H groups in total. The summed E-state index contributed by atoms with van der Waals surface area (Å²) in [6.07, 6.45) is 5.43. The van der Waals surface area contributed by atoms with Crippen LogP contribution in [0.5, 0.6) is 11.5 Å². The Morgan fingerprint density at radius 1 is 1.30 bits per heavy atom. The van der Waals surface area contributed by atoms with Crippen molar-refractivity contribution in [2.24, 2.45) is 5.92 Å². The lowest BCUT2D eigenvalue weighted by Gasteiger charge is -2.37. The van der Waals surface area contributed by atoms with Crippen LogP contribution in [0.1, 0.15) is 46.8 Å². The van der Waals surface area contributed by atoms with Crippen molar-refractivity contribution in [3.05, 3.63) is 65.2 Å². The molecule has 3 unspecified atom stereocenters. The molecule has 3 atom stereocenters. The van der Waals surface area contributed by atoms with E-state index in [0.29, 0.717) is 23.8 Å². The van der Waals surface area contributed by atoms with Crippen molar-refractivity contribution in [2.45, 2.75) is 25.3 Å². The van der Waals surface area contributed by atoms with E-state index in [9.17, 15) is 9.90 Å². The van der Waals surface area contributed by atoms with Crippen LogP contribution in [0.3, 0.4) is 0 Å². The summed E-state index contributed by atoms with van der Waals surface area (Å²) in [5, 5.41) is 16.4. The molecule has 0 spiro atoms. The molecule has 1 amide bonds. The molecule has 0 fully saturated rings. The molecule has 2 aromatic rings. The maximum atomic E-state index is 12.2. The van der Waals surface area contributed by atoms with Crippen molar-refractivity contribution < 1.29 is 14.6 Å². The van der Waals surface area contributed by atoms with Crippen molar-refractivity contribution in [1.29, 1.82) is 0 Å². The first-order valence-corrected chi connectivity index (χ1v) is 9.34. The highest BCUT2D eigenvalue weighted by Crippen LogP contribution is 2.50. The number of nitrogens with one attached hydrogen (secondary N) is 2. The van der Waals surface area contributed by atoms with E-state index >= 15 is 0 Å². The number of hydrogen-bond donors (Lipinski definition) is 3. The largest absolute Gasteiger partial charge is 0.504 e. The van der Waals surface area contributed by atoms with E-state index in [4.69, 9.17) is 4.74 Å². The van der Waals surface area contributed by atoms with Crippen LogP contribution in [0.4, 0.5) is 5.69 Å². The monoisotopic (exact) mass is 364 g/mol. The highest BCUT2D eigenvalue weighted by molar-refractivity contribution is 5.95. The first kappa shape index (κ1) is 17.5. The first-order valence-electron chi connectivity index (χ1n) is 9.34. The van der Waals surface area contributed by atoms with Crippen molar-refractivity contribution >= 4 is 11.6 Å². The fourth-order valence-corrected chi connectivity index (χ4v) is 4.22. The highest BCUT2D eigenvalue weighted by Gasteiger charge is 2.38. The van der Waals surface area contributed by atoms with Crippen molar-refractivity contribution in [3.63, 3.8) is 0 Å². The van der Waals surface area contributed by atoms with Gasteiger partial charge in [0.25, 0.3) is 5.91 Å². The number of phenolic OH excluding ortho intramolecular Hbond substituents is 1. The lowest BCUT2D eigenvalue weighted by molar-refractivity contribution is 0.0955. The molecule has 140 valence electrons. The summed E-state index contributed by atoms with van der Waals surface area (Å²) < 4.78 is 5.28. The first-order chi connectivity index (χ1) is 13.1. The minimum atomic E-state index is -0.0378. The maximum absolute atomic E-state index is 12.2. The Morgan fingerprint density at radius 2 is 2.15 bits per heavy atom. The average molecular weight is 364 g/mol. The average Bonchev–Trinajstić information content (AvgIpc) is 3.18. The normalized spacial score (nSPS) is 22.5. The van der Waals surface area contributed by atoms with E-state index in [-0.39, 0.29) is 23.6 Å². The second-order valence-electron chi connectivity index (χ2n) is 7.07. The number of rotatable bonds is 4. The number of ether oxygens (including phenoxy) is 1. The van der Waals surface area contributed by atoms with Crippen molar-refractivity contribution in [1.82, 2.24) is 5.32 Å². The number of anilines is 1. The minimum Gasteiger partial charge on any atom is -0.504 e. The molecule has 27 heavy (non-hydrogen) atoms. The lowest BCUT2D eigenvalue weighted by Crippen LogP contribution is -2.30.